The van der Waals surface area contributed by atoms with Crippen LogP contribution in [-0.2, 0) is 9.59 Å². The van der Waals surface area contributed by atoms with Crippen molar-refractivity contribution < 1.29 is 24.5 Å². The summed E-state index contributed by atoms with van der Waals surface area (Å²) >= 11 is 6.09. The normalized spacial score (nSPS) is 17.7. The first-order chi connectivity index (χ1) is 15.8. The SMILES string of the molecule is CCOc1cc(C2/C(=C(/O)c3cccc(Cl)c3)C(=O)C(=O)N2CCN(CC)CC)ccc1O. The average molecular weight is 473 g/mol. The van der Waals surface area contributed by atoms with Crippen molar-refractivity contribution in [3.63, 3.8) is 0 Å². The zero-order valence-corrected chi connectivity index (χ0v) is 19.8. The first-order valence-electron chi connectivity index (χ1n) is 11.0. The Hall–Kier alpha value is -3.03. The Kier molecular flexibility index (Phi) is 8.00. The number of aromatic hydroxyl groups is 1. The first kappa shape index (κ1) is 24.6. The minimum absolute atomic E-state index is 0.0186. The van der Waals surface area contributed by atoms with Gasteiger partial charge in [-0.05, 0) is 49.8 Å². The van der Waals surface area contributed by atoms with Gasteiger partial charge in [0.15, 0.2) is 11.5 Å². The molecule has 3 rings (SSSR count). The fraction of sp³-hybridized carbons (Fsp3) is 0.360. The molecule has 2 N–H and O–H groups in total. The van der Waals surface area contributed by atoms with Gasteiger partial charge in [-0.25, -0.2) is 0 Å². The highest BCUT2D eigenvalue weighted by Crippen LogP contribution is 2.41. The maximum Gasteiger partial charge on any atom is 0.295 e. The molecule has 0 bridgehead atoms. The fourth-order valence-corrected chi connectivity index (χ4v) is 4.20. The van der Waals surface area contributed by atoms with Crippen LogP contribution in [-0.4, -0.2) is 64.5 Å². The van der Waals surface area contributed by atoms with Crippen LogP contribution in [0.2, 0.25) is 5.02 Å². The third kappa shape index (κ3) is 5.15. The first-order valence-corrected chi connectivity index (χ1v) is 11.4. The van der Waals surface area contributed by atoms with E-state index >= 15 is 0 Å². The quantitative estimate of drug-likeness (QED) is 0.323. The molecule has 176 valence electrons. The number of aliphatic hydroxyl groups is 1. The van der Waals surface area contributed by atoms with Crippen LogP contribution in [0, 0.1) is 0 Å². The summed E-state index contributed by atoms with van der Waals surface area (Å²) in [5.41, 5.74) is 0.881. The van der Waals surface area contributed by atoms with E-state index < -0.39 is 17.7 Å². The third-order valence-electron chi connectivity index (χ3n) is 5.79. The second-order valence-electron chi connectivity index (χ2n) is 7.69. The number of phenolic OH excluding ortho intramolecular Hbond substituents is 1. The van der Waals surface area contributed by atoms with Crippen molar-refractivity contribution in [2.24, 2.45) is 0 Å². The summed E-state index contributed by atoms with van der Waals surface area (Å²) in [5.74, 6) is -1.54. The molecule has 7 nitrogen and oxygen atoms in total. The molecule has 1 unspecified atom stereocenters. The van der Waals surface area contributed by atoms with E-state index in [1.807, 2.05) is 13.8 Å². The minimum Gasteiger partial charge on any atom is -0.507 e. The number of likely N-dealkylation sites (N-methyl/N-ethyl adjacent to an activating group) is 1. The molecule has 0 spiro atoms. The molecule has 1 aliphatic rings. The molecule has 33 heavy (non-hydrogen) atoms. The lowest BCUT2D eigenvalue weighted by Gasteiger charge is -2.28. The highest BCUT2D eigenvalue weighted by atomic mass is 35.5. The number of ether oxygens (including phenoxy) is 1. The number of nitrogens with zero attached hydrogens (tertiary/aromatic N) is 2. The van der Waals surface area contributed by atoms with Gasteiger partial charge in [-0.15, -0.1) is 0 Å². The maximum absolute atomic E-state index is 13.1. The number of hydrogen-bond donors (Lipinski definition) is 2. The van der Waals surface area contributed by atoms with Crippen molar-refractivity contribution in [2.45, 2.75) is 26.8 Å². The van der Waals surface area contributed by atoms with Gasteiger partial charge in [0, 0.05) is 23.7 Å². The smallest absolute Gasteiger partial charge is 0.295 e. The number of hydrogen-bond acceptors (Lipinski definition) is 6. The van der Waals surface area contributed by atoms with Crippen LogP contribution in [0.15, 0.2) is 48.0 Å². The molecule has 0 radical (unpaired) electrons. The number of aliphatic hydroxyl groups excluding tert-OH is 1. The molecule has 0 aromatic heterocycles. The second-order valence-corrected chi connectivity index (χ2v) is 8.13. The second kappa shape index (κ2) is 10.7. The van der Waals surface area contributed by atoms with E-state index in [9.17, 15) is 19.8 Å². The molecule has 1 amide bonds. The van der Waals surface area contributed by atoms with Crippen LogP contribution < -0.4 is 4.74 Å². The molecule has 1 heterocycles. The van der Waals surface area contributed by atoms with Gasteiger partial charge in [-0.2, -0.15) is 0 Å². The number of Topliss-reactive ketones (excluding diaryl/α,β-unsaturated/α-hetero) is 1. The van der Waals surface area contributed by atoms with Crippen LogP contribution in [0.25, 0.3) is 5.76 Å². The molecule has 2 aromatic carbocycles. The van der Waals surface area contributed by atoms with Gasteiger partial charge in [0.25, 0.3) is 11.7 Å². The average Bonchev–Trinajstić information content (AvgIpc) is 3.06. The van der Waals surface area contributed by atoms with Crippen LogP contribution in [0.1, 0.15) is 37.9 Å². The lowest BCUT2D eigenvalue weighted by Crippen LogP contribution is -2.38. The number of halogens is 1. The Morgan fingerprint density at radius 2 is 1.85 bits per heavy atom. The van der Waals surface area contributed by atoms with Gasteiger partial charge in [0.1, 0.15) is 5.76 Å². The van der Waals surface area contributed by atoms with Gasteiger partial charge >= 0.3 is 0 Å². The summed E-state index contributed by atoms with van der Waals surface area (Å²) in [6.45, 7) is 8.68. The van der Waals surface area contributed by atoms with Gasteiger partial charge in [0.05, 0.1) is 18.2 Å². The third-order valence-corrected chi connectivity index (χ3v) is 6.02. The monoisotopic (exact) mass is 472 g/mol. The van der Waals surface area contributed by atoms with Gasteiger partial charge < -0.3 is 24.7 Å². The Morgan fingerprint density at radius 3 is 2.48 bits per heavy atom. The van der Waals surface area contributed by atoms with E-state index in [1.165, 1.54) is 11.0 Å². The predicted octanol–water partition coefficient (Wildman–Crippen LogP) is 4.21. The Bertz CT molecular complexity index is 1060. The molecule has 0 aliphatic carbocycles. The largest absolute Gasteiger partial charge is 0.507 e. The van der Waals surface area contributed by atoms with Crippen molar-refractivity contribution in [1.29, 1.82) is 0 Å². The van der Waals surface area contributed by atoms with Crippen molar-refractivity contribution >= 4 is 29.1 Å². The lowest BCUT2D eigenvalue weighted by molar-refractivity contribution is -0.140. The molecule has 1 atom stereocenters. The number of amides is 1. The number of carbonyl (C=O) groups is 2. The minimum atomic E-state index is -0.834. The summed E-state index contributed by atoms with van der Waals surface area (Å²) in [4.78, 5) is 29.8. The lowest BCUT2D eigenvalue weighted by atomic mass is 9.95. The summed E-state index contributed by atoms with van der Waals surface area (Å²) in [7, 11) is 0. The zero-order valence-electron chi connectivity index (χ0n) is 19.0. The number of rotatable bonds is 9. The van der Waals surface area contributed by atoms with E-state index in [0.717, 1.165) is 13.1 Å². The number of phenols is 1. The van der Waals surface area contributed by atoms with E-state index in [2.05, 4.69) is 4.90 Å². The summed E-state index contributed by atoms with van der Waals surface area (Å²) in [5, 5.41) is 21.7. The predicted molar refractivity (Wildman–Crippen MR) is 128 cm³/mol. The number of ketones is 1. The highest BCUT2D eigenvalue weighted by molar-refractivity contribution is 6.46. The number of carbonyl (C=O) groups excluding carboxylic acids is 2. The molecular weight excluding hydrogens is 444 g/mol. The maximum atomic E-state index is 13.1. The Balaban J connectivity index is 2.15. The molecule has 8 heteroatoms. The standard InChI is InChI=1S/C25H29ClN2O5/c1-4-27(5-2)12-13-28-22(16-10-11-19(29)20(15-16)33-6-3)21(24(31)25(28)32)23(30)17-8-7-9-18(26)14-17/h7-11,14-15,22,29-30H,4-6,12-13H2,1-3H3/b23-21-. The van der Waals surface area contributed by atoms with E-state index in [1.54, 1.807) is 43.3 Å². The summed E-state index contributed by atoms with van der Waals surface area (Å²) in [6, 6.07) is 10.4. The Labute approximate surface area is 198 Å². The zero-order chi connectivity index (χ0) is 24.1. The molecule has 0 saturated carbocycles. The van der Waals surface area contributed by atoms with Gasteiger partial charge in [-0.3, -0.25) is 9.59 Å². The van der Waals surface area contributed by atoms with Crippen LogP contribution in [0.3, 0.4) is 0 Å². The summed E-state index contributed by atoms with van der Waals surface area (Å²) < 4.78 is 5.51. The Morgan fingerprint density at radius 1 is 1.12 bits per heavy atom. The molecular formula is C25H29ClN2O5. The van der Waals surface area contributed by atoms with E-state index in [0.29, 0.717) is 35.8 Å². The topological polar surface area (TPSA) is 90.3 Å². The molecule has 1 aliphatic heterocycles. The van der Waals surface area contributed by atoms with Gasteiger partial charge in [-0.1, -0.05) is 43.6 Å². The van der Waals surface area contributed by atoms with Crippen LogP contribution >= 0.6 is 11.6 Å². The fourth-order valence-electron chi connectivity index (χ4n) is 4.01. The van der Waals surface area contributed by atoms with Crippen molar-refractivity contribution in [3.05, 3.63) is 64.2 Å². The molecule has 1 saturated heterocycles. The van der Waals surface area contributed by atoms with Crippen molar-refractivity contribution in [1.82, 2.24) is 9.80 Å². The van der Waals surface area contributed by atoms with Crippen molar-refractivity contribution in [2.75, 3.05) is 32.8 Å². The van der Waals surface area contributed by atoms with E-state index in [-0.39, 0.29) is 22.8 Å². The van der Waals surface area contributed by atoms with Crippen LogP contribution in [0.5, 0.6) is 11.5 Å². The number of likely N-dealkylation sites (tertiary alicyclic amines) is 1. The van der Waals surface area contributed by atoms with Crippen molar-refractivity contribution in [3.8, 4) is 11.5 Å². The molecule has 1 fully saturated rings. The van der Waals surface area contributed by atoms with Crippen LogP contribution in [0.4, 0.5) is 0 Å². The number of benzene rings is 2. The molecule has 2 aromatic rings. The summed E-state index contributed by atoms with van der Waals surface area (Å²) in [6.07, 6.45) is 0. The highest BCUT2D eigenvalue weighted by Gasteiger charge is 2.46. The van der Waals surface area contributed by atoms with E-state index in [4.69, 9.17) is 16.3 Å². The van der Waals surface area contributed by atoms with Gasteiger partial charge in [0.2, 0.25) is 0 Å².